The van der Waals surface area contributed by atoms with E-state index in [0.29, 0.717) is 61.5 Å². The van der Waals surface area contributed by atoms with E-state index in [4.69, 9.17) is 16.3 Å². The number of aliphatic carboxylic acids is 1. The number of benzene rings is 1. The SMILES string of the molecule is CCn1nnc(COc2ccc(Cl)c3c2[C@@H](CN2CCCC2=O)N(C(=O)C2CCCC[C@H]2C(=O)O)CC3)c1C(F)F. The second kappa shape index (κ2) is 12.3. The van der Waals surface area contributed by atoms with E-state index in [1.54, 1.807) is 28.9 Å². The lowest BCUT2D eigenvalue weighted by atomic mass is 9.77. The zero-order chi connectivity index (χ0) is 29.3. The van der Waals surface area contributed by atoms with Gasteiger partial charge in [-0.3, -0.25) is 14.4 Å². The van der Waals surface area contributed by atoms with Crippen molar-refractivity contribution in [1.29, 1.82) is 0 Å². The van der Waals surface area contributed by atoms with E-state index < -0.39 is 30.3 Å². The molecule has 0 radical (unpaired) electrons. The first-order valence-electron chi connectivity index (χ1n) is 14.2. The number of aromatic nitrogens is 3. The molecule has 1 aromatic carbocycles. The topological polar surface area (TPSA) is 118 Å². The molecule has 5 rings (SSSR count). The molecule has 1 unspecified atom stereocenters. The molecule has 3 atom stereocenters. The lowest BCUT2D eigenvalue weighted by molar-refractivity contribution is -0.154. The second-order valence-corrected chi connectivity index (χ2v) is 11.2. The summed E-state index contributed by atoms with van der Waals surface area (Å²) in [6.45, 7) is 2.70. The summed E-state index contributed by atoms with van der Waals surface area (Å²) in [6, 6.07) is 2.67. The first-order chi connectivity index (χ1) is 19.7. The molecule has 0 bridgehead atoms. The minimum atomic E-state index is -2.79. The molecule has 3 aliphatic rings. The van der Waals surface area contributed by atoms with Crippen LogP contribution in [0.1, 0.15) is 80.4 Å². The molecule has 0 spiro atoms. The number of ether oxygens (including phenoxy) is 1. The molecule has 2 amide bonds. The van der Waals surface area contributed by atoms with E-state index in [2.05, 4.69) is 10.3 Å². The van der Waals surface area contributed by atoms with Gasteiger partial charge in [0.05, 0.1) is 17.9 Å². The Labute approximate surface area is 241 Å². The van der Waals surface area contributed by atoms with E-state index >= 15 is 0 Å². The standard InChI is InChI=1S/C28H34ClF2N5O5/c1-2-36-25(26(30)31)20(32-33-36)15-41-22-10-9-19(29)18-11-13-35(21(24(18)22)14-34-12-5-8-23(34)37)27(38)16-6-3-4-7-17(16)28(39)40/h9-10,16-17,21,26H,2-8,11-15H2,1H3,(H,39,40)/t16?,17-,21-/m1/s1. The average Bonchev–Trinajstić information content (AvgIpc) is 3.57. The van der Waals surface area contributed by atoms with Crippen LogP contribution < -0.4 is 4.74 Å². The molecule has 1 saturated carbocycles. The maximum Gasteiger partial charge on any atom is 0.307 e. The summed E-state index contributed by atoms with van der Waals surface area (Å²) in [5.74, 6) is -2.34. The molecular weight excluding hydrogens is 560 g/mol. The molecule has 1 aliphatic carbocycles. The number of carboxylic acid groups (broad SMARTS) is 1. The van der Waals surface area contributed by atoms with Gasteiger partial charge in [-0.1, -0.05) is 29.7 Å². The van der Waals surface area contributed by atoms with Gasteiger partial charge in [-0.25, -0.2) is 13.5 Å². The van der Waals surface area contributed by atoms with Crippen molar-refractivity contribution in [3.05, 3.63) is 39.7 Å². The smallest absolute Gasteiger partial charge is 0.307 e. The van der Waals surface area contributed by atoms with E-state index in [-0.39, 0.29) is 42.9 Å². The fourth-order valence-electron chi connectivity index (χ4n) is 6.48. The number of hydrogen-bond acceptors (Lipinski definition) is 6. The number of amides is 2. The van der Waals surface area contributed by atoms with Gasteiger partial charge in [-0.05, 0) is 50.3 Å². The Morgan fingerprint density at radius 2 is 1.90 bits per heavy atom. The fraction of sp³-hybridized carbons (Fsp3) is 0.607. The Bertz CT molecular complexity index is 1320. The predicted octanol–water partition coefficient (Wildman–Crippen LogP) is 4.41. The summed E-state index contributed by atoms with van der Waals surface area (Å²) in [6.07, 6.45) is 1.19. The molecule has 1 aromatic heterocycles. The highest BCUT2D eigenvalue weighted by molar-refractivity contribution is 6.31. The van der Waals surface area contributed by atoms with Crippen LogP contribution in [-0.4, -0.2) is 67.3 Å². The highest BCUT2D eigenvalue weighted by Crippen LogP contribution is 2.43. The van der Waals surface area contributed by atoms with Gasteiger partial charge in [-0.15, -0.1) is 5.10 Å². The van der Waals surface area contributed by atoms with E-state index in [1.807, 2.05) is 0 Å². The van der Waals surface area contributed by atoms with Crippen LogP contribution in [0.4, 0.5) is 8.78 Å². The van der Waals surface area contributed by atoms with Gasteiger partial charge < -0.3 is 19.6 Å². The molecule has 2 aromatic rings. The number of carboxylic acids is 1. The molecule has 222 valence electrons. The van der Waals surface area contributed by atoms with Crippen LogP contribution in [0.2, 0.25) is 5.02 Å². The normalized spacial score (nSPS) is 22.8. The molecule has 10 nitrogen and oxygen atoms in total. The van der Waals surface area contributed by atoms with E-state index in [9.17, 15) is 28.3 Å². The molecule has 41 heavy (non-hydrogen) atoms. The van der Waals surface area contributed by atoms with Crippen molar-refractivity contribution in [2.24, 2.45) is 11.8 Å². The van der Waals surface area contributed by atoms with Crippen molar-refractivity contribution >= 4 is 29.4 Å². The van der Waals surface area contributed by atoms with Gasteiger partial charge in [0.15, 0.2) is 0 Å². The Morgan fingerprint density at radius 3 is 2.56 bits per heavy atom. The van der Waals surface area contributed by atoms with Crippen molar-refractivity contribution in [2.45, 2.75) is 77.5 Å². The number of carbonyl (C=O) groups is 3. The molecule has 2 aliphatic heterocycles. The first kappa shape index (κ1) is 29.2. The molecule has 1 saturated heterocycles. The summed E-state index contributed by atoms with van der Waals surface area (Å²) >= 11 is 6.63. The highest BCUT2D eigenvalue weighted by atomic mass is 35.5. The zero-order valence-electron chi connectivity index (χ0n) is 22.9. The van der Waals surface area contributed by atoms with Crippen LogP contribution in [0.15, 0.2) is 12.1 Å². The van der Waals surface area contributed by atoms with Crippen LogP contribution in [-0.2, 0) is 34.0 Å². The van der Waals surface area contributed by atoms with Crippen LogP contribution in [0, 0.1) is 11.8 Å². The maximum absolute atomic E-state index is 14.1. The number of hydrogen-bond donors (Lipinski definition) is 1. The van der Waals surface area contributed by atoms with E-state index in [0.717, 1.165) is 23.1 Å². The van der Waals surface area contributed by atoms with Crippen molar-refractivity contribution in [2.75, 3.05) is 19.6 Å². The third kappa shape index (κ3) is 5.75. The number of fused-ring (bicyclic) bond motifs is 1. The molecule has 2 fully saturated rings. The van der Waals surface area contributed by atoms with Crippen LogP contribution in [0.3, 0.4) is 0 Å². The summed E-state index contributed by atoms with van der Waals surface area (Å²) in [4.78, 5) is 42.2. The largest absolute Gasteiger partial charge is 0.487 e. The predicted molar refractivity (Wildman–Crippen MR) is 143 cm³/mol. The minimum absolute atomic E-state index is 0.00654. The first-order valence-corrected chi connectivity index (χ1v) is 14.5. The number of aryl methyl sites for hydroxylation is 1. The Balaban J connectivity index is 1.51. The van der Waals surface area contributed by atoms with Gasteiger partial charge in [0.1, 0.15) is 23.7 Å². The summed E-state index contributed by atoms with van der Waals surface area (Å²) in [5, 5.41) is 18.0. The highest BCUT2D eigenvalue weighted by Gasteiger charge is 2.43. The quantitative estimate of drug-likeness (QED) is 0.458. The zero-order valence-corrected chi connectivity index (χ0v) is 23.7. The Hall–Kier alpha value is -3.28. The number of halogens is 3. The van der Waals surface area contributed by atoms with Gasteiger partial charge in [0, 0.05) is 43.2 Å². The lowest BCUT2D eigenvalue weighted by Crippen LogP contribution is -2.50. The number of likely N-dealkylation sites (tertiary alicyclic amines) is 1. The third-order valence-corrected chi connectivity index (χ3v) is 8.89. The molecule has 1 N–H and O–H groups in total. The Morgan fingerprint density at radius 1 is 1.15 bits per heavy atom. The molecule has 13 heteroatoms. The summed E-state index contributed by atoms with van der Waals surface area (Å²) in [5.41, 5.74) is 1.06. The summed E-state index contributed by atoms with van der Waals surface area (Å²) in [7, 11) is 0. The maximum atomic E-state index is 14.1. The van der Waals surface area contributed by atoms with Crippen LogP contribution >= 0.6 is 11.6 Å². The minimum Gasteiger partial charge on any atom is -0.487 e. The second-order valence-electron chi connectivity index (χ2n) is 10.8. The van der Waals surface area contributed by atoms with Gasteiger partial charge in [-0.2, -0.15) is 0 Å². The third-order valence-electron chi connectivity index (χ3n) is 8.54. The number of carbonyl (C=O) groups excluding carboxylic acids is 2. The van der Waals surface area contributed by atoms with Crippen LogP contribution in [0.5, 0.6) is 5.75 Å². The lowest BCUT2D eigenvalue weighted by Gasteiger charge is -2.43. The van der Waals surface area contributed by atoms with Crippen LogP contribution in [0.25, 0.3) is 0 Å². The van der Waals surface area contributed by atoms with Crippen molar-refractivity contribution < 1.29 is 33.0 Å². The molecule has 3 heterocycles. The number of nitrogens with zero attached hydrogens (tertiary/aromatic N) is 5. The van der Waals surface area contributed by atoms with Gasteiger partial charge in [0.2, 0.25) is 11.8 Å². The Kier molecular flexibility index (Phi) is 8.77. The van der Waals surface area contributed by atoms with Crippen molar-refractivity contribution in [3.63, 3.8) is 0 Å². The van der Waals surface area contributed by atoms with Crippen molar-refractivity contribution in [1.82, 2.24) is 24.8 Å². The average molecular weight is 594 g/mol. The monoisotopic (exact) mass is 593 g/mol. The van der Waals surface area contributed by atoms with Crippen molar-refractivity contribution in [3.8, 4) is 5.75 Å². The number of rotatable bonds is 9. The fourth-order valence-corrected chi connectivity index (χ4v) is 6.74. The summed E-state index contributed by atoms with van der Waals surface area (Å²) < 4.78 is 34.8. The van der Waals surface area contributed by atoms with Gasteiger partial charge >= 0.3 is 5.97 Å². The number of alkyl halides is 2. The van der Waals surface area contributed by atoms with Gasteiger partial charge in [0.25, 0.3) is 6.43 Å². The molecular formula is C28H34ClF2N5O5. The van der Waals surface area contributed by atoms with E-state index in [1.165, 1.54) is 0 Å².